The first-order valence-corrected chi connectivity index (χ1v) is 19.6. The molecule has 0 spiro atoms. The van der Waals surface area contributed by atoms with E-state index >= 15 is 0 Å². The second-order valence-corrected chi connectivity index (χ2v) is 16.2. The van der Waals surface area contributed by atoms with Crippen LogP contribution in [0.15, 0.2) is 0 Å². The van der Waals surface area contributed by atoms with E-state index < -0.39 is 71.3 Å². The predicted octanol–water partition coefficient (Wildman–Crippen LogP) is 2.98. The van der Waals surface area contributed by atoms with Crippen LogP contribution in [0.5, 0.6) is 0 Å². The molecule has 46 heavy (non-hydrogen) atoms. The van der Waals surface area contributed by atoms with Crippen LogP contribution in [0.1, 0.15) is 54.4 Å². The van der Waals surface area contributed by atoms with Gasteiger partial charge in [-0.1, -0.05) is 21.6 Å². The molecule has 18 heteroatoms. The molecule has 266 valence electrons. The monoisotopic (exact) mass is 730 g/mol. The van der Waals surface area contributed by atoms with Crippen molar-refractivity contribution in [3.8, 4) is 0 Å². The summed E-state index contributed by atoms with van der Waals surface area (Å²) < 4.78 is 20.3. The fraction of sp³-hybridized carbons (Fsp3) is 0.786. The van der Waals surface area contributed by atoms with Crippen molar-refractivity contribution < 1.29 is 47.7 Å². The van der Waals surface area contributed by atoms with Crippen LogP contribution in [0.3, 0.4) is 0 Å². The lowest BCUT2D eigenvalue weighted by Crippen LogP contribution is -2.53. The van der Waals surface area contributed by atoms with Crippen molar-refractivity contribution in [3.05, 3.63) is 0 Å². The first-order valence-electron chi connectivity index (χ1n) is 14.3. The highest BCUT2D eigenvalue weighted by atomic mass is 33.1. The third-order valence-electron chi connectivity index (χ3n) is 5.39. The maximum absolute atomic E-state index is 13.1. The molecule has 0 aliphatic heterocycles. The molecule has 0 rings (SSSR count). The molecule has 0 saturated heterocycles. The molecule has 0 aromatic heterocycles. The number of alkyl carbamates (subject to hydrolysis) is 2. The molecule has 4 N–H and O–H groups in total. The Balaban J connectivity index is 5.44. The summed E-state index contributed by atoms with van der Waals surface area (Å²) in [5.74, 6) is -1.37. The highest BCUT2D eigenvalue weighted by Crippen LogP contribution is 2.24. The molecule has 4 amide bonds. The Morgan fingerprint density at radius 2 is 0.891 bits per heavy atom. The number of hydrogen-bond donors (Lipinski definition) is 4. The second-order valence-electron chi connectivity index (χ2n) is 11.7. The summed E-state index contributed by atoms with van der Waals surface area (Å²) in [4.78, 5) is 75.9. The summed E-state index contributed by atoms with van der Waals surface area (Å²) in [6.45, 7) is 10.2. The Bertz CT molecular complexity index is 930. The van der Waals surface area contributed by atoms with Crippen LogP contribution in [0.2, 0.25) is 0 Å². The summed E-state index contributed by atoms with van der Waals surface area (Å²) in [5, 5.41) is 10.4. The van der Waals surface area contributed by atoms with E-state index in [4.69, 9.17) is 18.9 Å². The molecular weight excluding hydrogens is 681 g/mol. The van der Waals surface area contributed by atoms with Gasteiger partial charge in [-0.15, -0.1) is 0 Å². The second kappa shape index (κ2) is 22.4. The quantitative estimate of drug-likeness (QED) is 0.0658. The van der Waals surface area contributed by atoms with Crippen molar-refractivity contribution in [2.24, 2.45) is 0 Å². The number of thioether (sulfide) groups is 2. The molecule has 0 aromatic carbocycles. The third-order valence-corrected chi connectivity index (χ3v) is 9.10. The molecule has 0 aliphatic rings. The van der Waals surface area contributed by atoms with Crippen molar-refractivity contribution in [2.75, 3.05) is 49.7 Å². The molecule has 0 unspecified atom stereocenters. The van der Waals surface area contributed by atoms with Crippen LogP contribution in [0, 0.1) is 0 Å². The summed E-state index contributed by atoms with van der Waals surface area (Å²) >= 11 is 2.98. The van der Waals surface area contributed by atoms with Crippen molar-refractivity contribution in [2.45, 2.75) is 89.8 Å². The molecule has 0 radical (unpaired) electrons. The van der Waals surface area contributed by atoms with Crippen LogP contribution in [-0.4, -0.2) is 121 Å². The van der Waals surface area contributed by atoms with E-state index in [-0.39, 0.29) is 11.5 Å². The first-order chi connectivity index (χ1) is 21.4. The lowest BCUT2D eigenvalue weighted by Gasteiger charge is -2.25. The normalized spacial score (nSPS) is 14.0. The predicted molar refractivity (Wildman–Crippen MR) is 185 cm³/mol. The van der Waals surface area contributed by atoms with Gasteiger partial charge < -0.3 is 40.2 Å². The summed E-state index contributed by atoms with van der Waals surface area (Å²) in [6.07, 6.45) is 2.79. The van der Waals surface area contributed by atoms with Crippen molar-refractivity contribution >= 4 is 81.1 Å². The number of hydrogen-bond acceptors (Lipinski definition) is 14. The van der Waals surface area contributed by atoms with E-state index in [1.165, 1.54) is 37.7 Å². The Hall–Kier alpha value is -2.18. The minimum absolute atomic E-state index is 0.0448. The molecule has 4 atom stereocenters. The average Bonchev–Trinajstić information content (AvgIpc) is 2.95. The zero-order chi connectivity index (χ0) is 35.5. The molecule has 14 nitrogen and oxygen atoms in total. The third kappa shape index (κ3) is 20.1. The van der Waals surface area contributed by atoms with Gasteiger partial charge in [0.05, 0.1) is 14.2 Å². The molecule has 0 bridgehead atoms. The maximum atomic E-state index is 13.1. The van der Waals surface area contributed by atoms with Gasteiger partial charge in [-0.2, -0.15) is 23.5 Å². The Morgan fingerprint density at radius 1 is 0.565 bits per heavy atom. The van der Waals surface area contributed by atoms with Gasteiger partial charge in [-0.25, -0.2) is 19.2 Å². The fourth-order valence-corrected chi connectivity index (χ4v) is 6.55. The zero-order valence-electron chi connectivity index (χ0n) is 28.3. The summed E-state index contributed by atoms with van der Waals surface area (Å²) in [7, 11) is 4.68. The highest BCUT2D eigenvalue weighted by Gasteiger charge is 2.31. The number of amides is 4. The number of nitrogens with one attached hydrogen (secondary N) is 4. The molecule has 0 aliphatic carbocycles. The summed E-state index contributed by atoms with van der Waals surface area (Å²) in [5.41, 5.74) is -1.53. The number of carbonyl (C=O) groups excluding carboxylic acids is 6. The van der Waals surface area contributed by atoms with E-state index in [2.05, 4.69) is 21.3 Å². The van der Waals surface area contributed by atoms with E-state index in [0.29, 0.717) is 24.3 Å². The van der Waals surface area contributed by atoms with E-state index in [1.54, 1.807) is 41.5 Å². The van der Waals surface area contributed by atoms with Gasteiger partial charge in [0.2, 0.25) is 11.8 Å². The van der Waals surface area contributed by atoms with E-state index in [1.807, 2.05) is 12.5 Å². The van der Waals surface area contributed by atoms with Crippen LogP contribution >= 0.6 is 45.1 Å². The molecule has 0 heterocycles. The molecular formula is C28H50N4O10S4. The van der Waals surface area contributed by atoms with Crippen LogP contribution < -0.4 is 21.3 Å². The number of carbonyl (C=O) groups is 6. The standard InChI is InChI=1S/C28H50N4O10S4/c1-27(2,3)41-25(37)31-17(11-13-43-9)21(33)29-19(23(35)39-7)15-45-46-16-20(24(36)40-8)30-22(34)18(12-14-44-10)32-26(38)42-28(4,5)6/h17-20H,11-16H2,1-10H3,(H,29,33)(H,30,34)(H,31,37)(H,32,38)/t17-,18-,19-,20-/m0/s1. The van der Waals surface area contributed by atoms with Crippen molar-refractivity contribution in [3.63, 3.8) is 0 Å². The number of rotatable bonds is 19. The van der Waals surface area contributed by atoms with Gasteiger partial charge in [0.1, 0.15) is 35.4 Å². The largest absolute Gasteiger partial charge is 0.467 e. The fourth-order valence-electron chi connectivity index (χ4n) is 3.31. The van der Waals surface area contributed by atoms with E-state index in [0.717, 1.165) is 21.6 Å². The average molecular weight is 731 g/mol. The SMILES string of the molecule is COC(=O)[C@H](CSSC[C@H](NC(=O)[C@H](CCSC)NC(=O)OC(C)(C)C)C(=O)OC)NC(=O)[C@H](CCSC)NC(=O)OC(C)(C)C. The van der Waals surface area contributed by atoms with Crippen molar-refractivity contribution in [1.82, 2.24) is 21.3 Å². The topological polar surface area (TPSA) is 187 Å². The Labute approximate surface area is 288 Å². The maximum Gasteiger partial charge on any atom is 0.408 e. The lowest BCUT2D eigenvalue weighted by molar-refractivity contribution is -0.144. The van der Waals surface area contributed by atoms with E-state index in [9.17, 15) is 28.8 Å². The van der Waals surface area contributed by atoms with Gasteiger partial charge in [-0.3, -0.25) is 9.59 Å². The van der Waals surface area contributed by atoms with Gasteiger partial charge in [0.25, 0.3) is 0 Å². The Kier molecular flexibility index (Phi) is 21.3. The van der Waals surface area contributed by atoms with Crippen LogP contribution in [0.25, 0.3) is 0 Å². The number of methoxy groups -OCH3 is 2. The molecule has 0 aromatic rings. The summed E-state index contributed by atoms with van der Waals surface area (Å²) in [6, 6.07) is -4.07. The minimum atomic E-state index is -1.08. The van der Waals surface area contributed by atoms with Crippen LogP contribution in [-0.2, 0) is 38.1 Å². The van der Waals surface area contributed by atoms with Gasteiger partial charge in [-0.05, 0) is 78.4 Å². The lowest BCUT2D eigenvalue weighted by atomic mass is 10.2. The smallest absolute Gasteiger partial charge is 0.408 e. The van der Waals surface area contributed by atoms with Gasteiger partial charge in [0, 0.05) is 11.5 Å². The highest BCUT2D eigenvalue weighted by molar-refractivity contribution is 8.76. The van der Waals surface area contributed by atoms with Gasteiger partial charge in [0.15, 0.2) is 0 Å². The zero-order valence-corrected chi connectivity index (χ0v) is 31.5. The van der Waals surface area contributed by atoms with Gasteiger partial charge >= 0.3 is 24.1 Å². The van der Waals surface area contributed by atoms with Crippen LogP contribution in [0.4, 0.5) is 9.59 Å². The molecule has 0 saturated carbocycles. The Morgan fingerprint density at radius 3 is 1.15 bits per heavy atom. The first kappa shape index (κ1) is 43.8. The number of esters is 2. The minimum Gasteiger partial charge on any atom is -0.467 e. The van der Waals surface area contributed by atoms with Crippen molar-refractivity contribution in [1.29, 1.82) is 0 Å². The number of ether oxygens (including phenoxy) is 4. The molecule has 0 fully saturated rings.